The first kappa shape index (κ1) is 13.5. The van der Waals surface area contributed by atoms with Crippen molar-refractivity contribution in [2.75, 3.05) is 0 Å². The highest BCUT2D eigenvalue weighted by molar-refractivity contribution is 6.61. The van der Waals surface area contributed by atoms with Crippen molar-refractivity contribution in [1.29, 1.82) is 0 Å². The third kappa shape index (κ3) is 2.41. The number of ether oxygens (including phenoxy) is 1. The molecule has 2 aromatic carbocycles. The summed E-state index contributed by atoms with van der Waals surface area (Å²) in [5.41, 5.74) is 0.919. The molecular weight excluding hydrogens is 295 g/mol. The number of hydrogen-bond acceptors (Lipinski definition) is 2. The maximum atomic E-state index is 11.4. The van der Waals surface area contributed by atoms with E-state index in [-0.39, 0.29) is 11.7 Å². The Bertz CT molecular complexity index is 638. The predicted octanol–water partition coefficient (Wildman–Crippen LogP) is 4.71. The van der Waals surface area contributed by atoms with Crippen LogP contribution in [0, 0.1) is 0 Å². The molecular formula is C16H12Cl2O2. The van der Waals surface area contributed by atoms with Crippen molar-refractivity contribution in [2.24, 2.45) is 0 Å². The fourth-order valence-corrected chi connectivity index (χ4v) is 2.82. The van der Waals surface area contributed by atoms with Crippen LogP contribution in [0.3, 0.4) is 0 Å². The minimum Gasteiger partial charge on any atom is -0.457 e. The molecule has 20 heavy (non-hydrogen) atoms. The van der Waals surface area contributed by atoms with Crippen LogP contribution in [-0.2, 0) is 4.79 Å². The summed E-state index contributed by atoms with van der Waals surface area (Å²) in [5, 5.41) is 0. The molecule has 0 saturated heterocycles. The molecule has 0 spiro atoms. The Labute approximate surface area is 127 Å². The third-order valence-electron chi connectivity index (χ3n) is 3.44. The van der Waals surface area contributed by atoms with Crippen LogP contribution in [0.4, 0.5) is 0 Å². The second kappa shape index (κ2) is 5.12. The van der Waals surface area contributed by atoms with Crippen LogP contribution < -0.4 is 4.74 Å². The second-order valence-electron chi connectivity index (χ2n) is 4.79. The number of halogens is 2. The highest BCUT2D eigenvalue weighted by atomic mass is 35.5. The van der Waals surface area contributed by atoms with Crippen molar-refractivity contribution in [3.8, 4) is 11.5 Å². The average molecular weight is 307 g/mol. The van der Waals surface area contributed by atoms with E-state index in [4.69, 9.17) is 27.9 Å². The van der Waals surface area contributed by atoms with Crippen LogP contribution in [0.15, 0.2) is 54.6 Å². The molecule has 0 bridgehead atoms. The zero-order valence-corrected chi connectivity index (χ0v) is 12.1. The van der Waals surface area contributed by atoms with Gasteiger partial charge in [0.05, 0.1) is 0 Å². The lowest BCUT2D eigenvalue weighted by Gasteiger charge is -2.38. The van der Waals surface area contributed by atoms with E-state index in [2.05, 4.69) is 0 Å². The molecule has 1 aliphatic carbocycles. The number of alkyl halides is 2. The summed E-state index contributed by atoms with van der Waals surface area (Å²) in [6.07, 6.45) is 0.377. The molecule has 2 nitrogen and oxygen atoms in total. The number of benzene rings is 2. The van der Waals surface area contributed by atoms with Crippen molar-refractivity contribution in [2.45, 2.75) is 16.7 Å². The standard InChI is InChI=1S/C16H12Cl2O2/c17-16(18)14(10-15(16)19)11-5-4-8-13(9-11)20-12-6-2-1-3-7-12/h1-9,14H,10H2. The maximum Gasteiger partial charge on any atom is 0.183 e. The van der Waals surface area contributed by atoms with E-state index < -0.39 is 4.33 Å². The van der Waals surface area contributed by atoms with Crippen LogP contribution in [0.1, 0.15) is 17.9 Å². The SMILES string of the molecule is O=C1CC(c2cccc(Oc3ccccc3)c2)C1(Cl)Cl. The quantitative estimate of drug-likeness (QED) is 0.768. The lowest BCUT2D eigenvalue weighted by Crippen LogP contribution is -2.45. The minimum atomic E-state index is -1.30. The molecule has 4 heteroatoms. The van der Waals surface area contributed by atoms with Crippen molar-refractivity contribution in [1.82, 2.24) is 0 Å². The van der Waals surface area contributed by atoms with Gasteiger partial charge in [0.15, 0.2) is 10.1 Å². The second-order valence-corrected chi connectivity index (χ2v) is 6.18. The maximum absolute atomic E-state index is 11.4. The Kier molecular flexibility index (Phi) is 3.45. The van der Waals surface area contributed by atoms with E-state index in [0.29, 0.717) is 12.2 Å². The van der Waals surface area contributed by atoms with E-state index in [0.717, 1.165) is 11.3 Å². The van der Waals surface area contributed by atoms with Crippen molar-refractivity contribution in [3.63, 3.8) is 0 Å². The van der Waals surface area contributed by atoms with Gasteiger partial charge in [0.25, 0.3) is 0 Å². The zero-order chi connectivity index (χ0) is 14.2. The lowest BCUT2D eigenvalue weighted by molar-refractivity contribution is -0.125. The molecule has 0 heterocycles. The molecule has 1 fully saturated rings. The first-order chi connectivity index (χ1) is 9.57. The van der Waals surface area contributed by atoms with Gasteiger partial charge in [-0.15, -0.1) is 0 Å². The summed E-state index contributed by atoms with van der Waals surface area (Å²) >= 11 is 12.1. The number of carbonyl (C=O) groups is 1. The molecule has 1 atom stereocenters. The molecule has 0 radical (unpaired) electrons. The normalized spacial score (nSPS) is 20.3. The van der Waals surface area contributed by atoms with Gasteiger partial charge in [-0.05, 0) is 29.8 Å². The van der Waals surface area contributed by atoms with Gasteiger partial charge < -0.3 is 4.74 Å². The number of carbonyl (C=O) groups excluding carboxylic acids is 1. The molecule has 102 valence electrons. The largest absolute Gasteiger partial charge is 0.457 e. The van der Waals surface area contributed by atoms with E-state index in [1.54, 1.807) is 0 Å². The first-order valence-electron chi connectivity index (χ1n) is 6.31. The number of hydrogen-bond donors (Lipinski definition) is 0. The Morgan fingerprint density at radius 3 is 2.35 bits per heavy atom. The van der Waals surface area contributed by atoms with Gasteiger partial charge in [-0.3, -0.25) is 4.79 Å². The summed E-state index contributed by atoms with van der Waals surface area (Å²) in [6, 6.07) is 17.0. The van der Waals surface area contributed by atoms with Gasteiger partial charge in [-0.1, -0.05) is 53.5 Å². The Morgan fingerprint density at radius 2 is 1.70 bits per heavy atom. The number of para-hydroxylation sites is 1. The Balaban J connectivity index is 1.82. The average Bonchev–Trinajstić information content (AvgIpc) is 2.46. The summed E-state index contributed by atoms with van der Waals surface area (Å²) < 4.78 is 4.46. The van der Waals surface area contributed by atoms with Gasteiger partial charge in [-0.25, -0.2) is 0 Å². The smallest absolute Gasteiger partial charge is 0.183 e. The van der Waals surface area contributed by atoms with Gasteiger partial charge in [0, 0.05) is 12.3 Å². The molecule has 0 amide bonds. The highest BCUT2D eigenvalue weighted by Gasteiger charge is 2.53. The van der Waals surface area contributed by atoms with Crippen LogP contribution in [-0.4, -0.2) is 10.1 Å². The molecule has 1 saturated carbocycles. The minimum absolute atomic E-state index is 0.125. The van der Waals surface area contributed by atoms with Crippen LogP contribution in [0.5, 0.6) is 11.5 Å². The van der Waals surface area contributed by atoms with Gasteiger partial charge >= 0.3 is 0 Å². The summed E-state index contributed by atoms with van der Waals surface area (Å²) in [4.78, 5) is 11.4. The fourth-order valence-electron chi connectivity index (χ4n) is 2.26. The van der Waals surface area contributed by atoms with Crippen molar-refractivity contribution in [3.05, 3.63) is 60.2 Å². The lowest BCUT2D eigenvalue weighted by atomic mass is 9.77. The fraction of sp³-hybridized carbons (Fsp3) is 0.188. The summed E-state index contributed by atoms with van der Waals surface area (Å²) in [5.74, 6) is 1.17. The number of rotatable bonds is 3. The summed E-state index contributed by atoms with van der Waals surface area (Å²) in [7, 11) is 0. The molecule has 2 aromatic rings. The van der Waals surface area contributed by atoms with Gasteiger partial charge in [0.2, 0.25) is 0 Å². The topological polar surface area (TPSA) is 26.3 Å². The van der Waals surface area contributed by atoms with Crippen LogP contribution in [0.2, 0.25) is 0 Å². The van der Waals surface area contributed by atoms with E-state index >= 15 is 0 Å². The van der Waals surface area contributed by atoms with Crippen molar-refractivity contribution < 1.29 is 9.53 Å². The highest BCUT2D eigenvalue weighted by Crippen LogP contribution is 2.51. The Morgan fingerprint density at radius 1 is 1.00 bits per heavy atom. The third-order valence-corrected chi connectivity index (χ3v) is 4.39. The Hall–Kier alpha value is -1.51. The monoisotopic (exact) mass is 306 g/mol. The van der Waals surface area contributed by atoms with Crippen LogP contribution >= 0.6 is 23.2 Å². The molecule has 3 rings (SSSR count). The molecule has 0 aliphatic heterocycles. The van der Waals surface area contributed by atoms with Gasteiger partial charge in [0.1, 0.15) is 11.5 Å². The first-order valence-corrected chi connectivity index (χ1v) is 7.07. The predicted molar refractivity (Wildman–Crippen MR) is 79.8 cm³/mol. The van der Waals surface area contributed by atoms with Gasteiger partial charge in [-0.2, -0.15) is 0 Å². The molecule has 1 aliphatic rings. The van der Waals surface area contributed by atoms with Crippen LogP contribution in [0.25, 0.3) is 0 Å². The number of Topliss-reactive ketones (excluding diaryl/α,β-unsaturated/α-hetero) is 1. The molecule has 0 N–H and O–H groups in total. The van der Waals surface area contributed by atoms with E-state index in [9.17, 15) is 4.79 Å². The zero-order valence-electron chi connectivity index (χ0n) is 10.6. The van der Waals surface area contributed by atoms with E-state index in [1.165, 1.54) is 0 Å². The van der Waals surface area contributed by atoms with Crippen molar-refractivity contribution >= 4 is 29.0 Å². The van der Waals surface area contributed by atoms with E-state index in [1.807, 2.05) is 54.6 Å². The number of ketones is 1. The summed E-state index contributed by atoms with van der Waals surface area (Å²) in [6.45, 7) is 0. The molecule has 0 aromatic heterocycles. The molecule has 1 unspecified atom stereocenters.